The number of tetrazole rings is 1. The van der Waals surface area contributed by atoms with Crippen molar-refractivity contribution in [1.82, 2.24) is 20.2 Å². The average molecular weight is 204 g/mol. The van der Waals surface area contributed by atoms with E-state index in [9.17, 15) is 0 Å². The predicted molar refractivity (Wildman–Crippen MR) is 53.9 cm³/mol. The smallest absolute Gasteiger partial charge is 0.138 e. The van der Waals surface area contributed by atoms with Gasteiger partial charge < -0.3 is 0 Å². The molecule has 1 aromatic heterocycles. The fourth-order valence-electron chi connectivity index (χ4n) is 4.63. The third-order valence-electron chi connectivity index (χ3n) is 4.85. The van der Waals surface area contributed by atoms with E-state index in [-0.39, 0.29) is 0 Å². The molecule has 4 fully saturated rings. The van der Waals surface area contributed by atoms with Gasteiger partial charge in [-0.05, 0) is 66.2 Å². The van der Waals surface area contributed by atoms with Crippen molar-refractivity contribution in [2.45, 2.75) is 38.1 Å². The Hall–Kier alpha value is -0.930. The molecule has 0 aromatic carbocycles. The molecular formula is C11H16N4. The summed E-state index contributed by atoms with van der Waals surface area (Å²) in [5.41, 5.74) is 0. The van der Waals surface area contributed by atoms with Crippen molar-refractivity contribution in [1.29, 1.82) is 0 Å². The van der Waals surface area contributed by atoms with Gasteiger partial charge in [-0.25, -0.2) is 4.68 Å². The van der Waals surface area contributed by atoms with Crippen molar-refractivity contribution in [3.05, 3.63) is 6.33 Å². The van der Waals surface area contributed by atoms with Crippen LogP contribution in [0.4, 0.5) is 0 Å². The minimum absolute atomic E-state index is 0.618. The molecule has 0 atom stereocenters. The first-order chi connectivity index (χ1) is 7.40. The van der Waals surface area contributed by atoms with Crippen LogP contribution in [0.25, 0.3) is 0 Å². The first-order valence-corrected chi connectivity index (χ1v) is 6.12. The molecule has 0 saturated heterocycles. The van der Waals surface area contributed by atoms with Crippen LogP contribution in [-0.2, 0) is 0 Å². The van der Waals surface area contributed by atoms with Gasteiger partial charge in [0.25, 0.3) is 0 Å². The molecule has 0 unspecified atom stereocenters. The SMILES string of the molecule is c1nnnn1C1C2CC3CC(C2)CC1C3. The summed E-state index contributed by atoms with van der Waals surface area (Å²) in [6.07, 6.45) is 9.03. The molecule has 5 rings (SSSR count). The van der Waals surface area contributed by atoms with Crippen molar-refractivity contribution in [2.75, 3.05) is 0 Å². The minimum atomic E-state index is 0.618. The van der Waals surface area contributed by atoms with E-state index in [4.69, 9.17) is 0 Å². The quantitative estimate of drug-likeness (QED) is 0.699. The monoisotopic (exact) mass is 204 g/mol. The summed E-state index contributed by atoms with van der Waals surface area (Å²) in [7, 11) is 0. The standard InChI is InChI=1S/C11H16N4/c1-7-2-9-4-8(1)5-10(3-7)11(9)15-6-12-13-14-15/h6-11H,1-5H2. The summed E-state index contributed by atoms with van der Waals surface area (Å²) >= 11 is 0. The van der Waals surface area contributed by atoms with E-state index >= 15 is 0 Å². The highest BCUT2D eigenvalue weighted by Crippen LogP contribution is 2.57. The first kappa shape index (κ1) is 8.25. The molecule has 0 radical (unpaired) electrons. The topological polar surface area (TPSA) is 43.6 Å². The molecule has 0 aliphatic heterocycles. The Kier molecular flexibility index (Phi) is 1.54. The van der Waals surface area contributed by atoms with E-state index < -0.39 is 0 Å². The number of hydrogen-bond donors (Lipinski definition) is 0. The lowest BCUT2D eigenvalue weighted by Crippen LogP contribution is -2.46. The Bertz CT molecular complexity index is 331. The number of nitrogens with zero attached hydrogens (tertiary/aromatic N) is 4. The normalized spacial score (nSPS) is 47.3. The predicted octanol–water partition coefficient (Wildman–Crippen LogP) is 1.67. The average Bonchev–Trinajstić information content (AvgIpc) is 2.69. The van der Waals surface area contributed by atoms with Crippen molar-refractivity contribution in [2.24, 2.45) is 23.7 Å². The molecule has 4 aliphatic rings. The fourth-order valence-corrected chi connectivity index (χ4v) is 4.63. The van der Waals surface area contributed by atoms with Crippen LogP contribution >= 0.6 is 0 Å². The van der Waals surface area contributed by atoms with Crippen molar-refractivity contribution in [3.63, 3.8) is 0 Å². The maximum absolute atomic E-state index is 4.12. The molecule has 80 valence electrons. The number of aromatic nitrogens is 4. The van der Waals surface area contributed by atoms with Crippen molar-refractivity contribution >= 4 is 0 Å². The summed E-state index contributed by atoms with van der Waals surface area (Å²) in [6.45, 7) is 0. The molecule has 4 saturated carbocycles. The lowest BCUT2D eigenvalue weighted by atomic mass is 9.54. The van der Waals surface area contributed by atoms with Crippen LogP contribution in [0.3, 0.4) is 0 Å². The van der Waals surface area contributed by atoms with Gasteiger partial charge in [0.1, 0.15) is 6.33 Å². The van der Waals surface area contributed by atoms with Gasteiger partial charge in [-0.15, -0.1) is 5.10 Å². The summed E-state index contributed by atoms with van der Waals surface area (Å²) in [6, 6.07) is 0.618. The number of hydrogen-bond acceptors (Lipinski definition) is 3. The van der Waals surface area contributed by atoms with Crippen LogP contribution < -0.4 is 0 Å². The third-order valence-corrected chi connectivity index (χ3v) is 4.85. The van der Waals surface area contributed by atoms with Crippen molar-refractivity contribution in [3.8, 4) is 0 Å². The second-order valence-corrected chi connectivity index (χ2v) is 5.71. The maximum atomic E-state index is 4.12. The van der Waals surface area contributed by atoms with Gasteiger partial charge in [-0.3, -0.25) is 0 Å². The summed E-state index contributed by atoms with van der Waals surface area (Å²) in [5, 5.41) is 11.7. The highest BCUT2D eigenvalue weighted by atomic mass is 15.5. The van der Waals surface area contributed by atoms with Gasteiger partial charge in [0.05, 0.1) is 6.04 Å². The van der Waals surface area contributed by atoms with Crippen LogP contribution in [0, 0.1) is 23.7 Å². The lowest BCUT2D eigenvalue weighted by molar-refractivity contribution is -0.0343. The lowest BCUT2D eigenvalue weighted by Gasteiger charge is -2.53. The summed E-state index contributed by atoms with van der Waals surface area (Å²) in [4.78, 5) is 0. The van der Waals surface area contributed by atoms with Gasteiger partial charge >= 0.3 is 0 Å². The Labute approximate surface area is 89.0 Å². The molecule has 1 aromatic rings. The molecule has 0 spiro atoms. The minimum Gasteiger partial charge on any atom is -0.229 e. The third kappa shape index (κ3) is 1.11. The van der Waals surface area contributed by atoms with E-state index in [1.807, 2.05) is 11.0 Å². The van der Waals surface area contributed by atoms with Gasteiger partial charge in [-0.1, -0.05) is 0 Å². The largest absolute Gasteiger partial charge is 0.229 e. The molecule has 4 aliphatic carbocycles. The van der Waals surface area contributed by atoms with E-state index in [0.717, 1.165) is 23.7 Å². The molecule has 15 heavy (non-hydrogen) atoms. The maximum Gasteiger partial charge on any atom is 0.138 e. The highest BCUT2D eigenvalue weighted by Gasteiger charge is 2.49. The number of rotatable bonds is 1. The van der Waals surface area contributed by atoms with Gasteiger partial charge in [0.2, 0.25) is 0 Å². The molecule has 0 N–H and O–H groups in total. The van der Waals surface area contributed by atoms with Gasteiger partial charge in [-0.2, -0.15) is 0 Å². The Morgan fingerprint density at radius 1 is 0.933 bits per heavy atom. The second-order valence-electron chi connectivity index (χ2n) is 5.71. The van der Waals surface area contributed by atoms with E-state index in [1.54, 1.807) is 0 Å². The summed E-state index contributed by atoms with van der Waals surface area (Å²) in [5.74, 6) is 3.79. The fraction of sp³-hybridized carbons (Fsp3) is 0.909. The van der Waals surface area contributed by atoms with Gasteiger partial charge in [0.15, 0.2) is 0 Å². The van der Waals surface area contributed by atoms with E-state index in [0.29, 0.717) is 6.04 Å². The van der Waals surface area contributed by atoms with Crippen LogP contribution in [-0.4, -0.2) is 20.2 Å². The first-order valence-electron chi connectivity index (χ1n) is 6.12. The zero-order chi connectivity index (χ0) is 9.83. The van der Waals surface area contributed by atoms with Gasteiger partial charge in [0, 0.05) is 0 Å². The van der Waals surface area contributed by atoms with E-state index in [1.165, 1.54) is 32.1 Å². The molecule has 4 nitrogen and oxygen atoms in total. The Balaban J connectivity index is 1.71. The van der Waals surface area contributed by atoms with Crippen LogP contribution in [0.5, 0.6) is 0 Å². The summed E-state index contributed by atoms with van der Waals surface area (Å²) < 4.78 is 2.03. The molecular weight excluding hydrogens is 188 g/mol. The second kappa shape index (κ2) is 2.80. The molecule has 1 heterocycles. The van der Waals surface area contributed by atoms with Crippen LogP contribution in [0.1, 0.15) is 38.1 Å². The molecule has 0 amide bonds. The van der Waals surface area contributed by atoms with Crippen LogP contribution in [0.2, 0.25) is 0 Å². The zero-order valence-corrected chi connectivity index (χ0v) is 8.79. The Morgan fingerprint density at radius 3 is 2.13 bits per heavy atom. The molecule has 4 bridgehead atoms. The highest BCUT2D eigenvalue weighted by molar-refractivity contribution is 4.99. The van der Waals surface area contributed by atoms with Crippen LogP contribution in [0.15, 0.2) is 6.33 Å². The zero-order valence-electron chi connectivity index (χ0n) is 8.79. The van der Waals surface area contributed by atoms with E-state index in [2.05, 4.69) is 15.5 Å². The van der Waals surface area contributed by atoms with Crippen molar-refractivity contribution < 1.29 is 0 Å². The Morgan fingerprint density at radius 2 is 1.60 bits per heavy atom. The molecule has 4 heteroatoms.